The summed E-state index contributed by atoms with van der Waals surface area (Å²) >= 11 is 0. The molecule has 5 rings (SSSR count). The summed E-state index contributed by atoms with van der Waals surface area (Å²) in [6, 6.07) is 18.4. The first-order valence-electron chi connectivity index (χ1n) is 10.2. The summed E-state index contributed by atoms with van der Waals surface area (Å²) in [5.41, 5.74) is 1.86. The molecule has 0 spiro atoms. The van der Waals surface area contributed by atoms with Crippen LogP contribution in [0.1, 0.15) is 5.56 Å². The van der Waals surface area contributed by atoms with Gasteiger partial charge < -0.3 is 9.80 Å². The lowest BCUT2D eigenvalue weighted by atomic mass is 10.1. The summed E-state index contributed by atoms with van der Waals surface area (Å²) < 4.78 is 42.0. The Morgan fingerprint density at radius 2 is 1.38 bits per heavy atom. The van der Waals surface area contributed by atoms with E-state index in [-0.39, 0.29) is 5.69 Å². The van der Waals surface area contributed by atoms with Crippen molar-refractivity contribution in [3.05, 3.63) is 89.0 Å². The minimum absolute atomic E-state index is 0.243. The van der Waals surface area contributed by atoms with Gasteiger partial charge in [-0.05, 0) is 48.5 Å². The molecule has 1 aliphatic heterocycles. The minimum atomic E-state index is -4.35. The van der Waals surface area contributed by atoms with E-state index in [1.54, 1.807) is 24.4 Å². The molecule has 0 saturated carbocycles. The zero-order chi connectivity index (χ0) is 22.3. The molecular weight excluding hydrogens is 419 g/mol. The molecule has 2 aromatic carbocycles. The van der Waals surface area contributed by atoms with Crippen LogP contribution in [0.3, 0.4) is 0 Å². The molecule has 0 amide bonds. The average molecular weight is 439 g/mol. The third-order valence-corrected chi connectivity index (χ3v) is 5.69. The van der Waals surface area contributed by atoms with Crippen LogP contribution in [0.5, 0.6) is 0 Å². The summed E-state index contributed by atoms with van der Waals surface area (Å²) in [7, 11) is 0. The normalized spacial score (nSPS) is 14.8. The number of aromatic nitrogens is 3. The Kier molecular flexibility index (Phi) is 4.88. The smallest absolute Gasteiger partial charge is 0.368 e. The Hall–Kier alpha value is -3.75. The van der Waals surface area contributed by atoms with Gasteiger partial charge in [-0.3, -0.25) is 0 Å². The molecule has 0 unspecified atom stereocenters. The highest BCUT2D eigenvalue weighted by atomic mass is 19.4. The number of pyridine rings is 1. The van der Waals surface area contributed by atoms with Crippen molar-refractivity contribution in [3.8, 4) is 5.69 Å². The second kappa shape index (κ2) is 7.74. The quantitative estimate of drug-likeness (QED) is 0.487. The van der Waals surface area contributed by atoms with Crippen molar-refractivity contribution >= 4 is 17.0 Å². The van der Waals surface area contributed by atoms with Gasteiger partial charge in [0.25, 0.3) is 0 Å². The molecule has 1 fully saturated rings. The Labute approximate surface area is 181 Å². The van der Waals surface area contributed by atoms with Crippen LogP contribution in [0.4, 0.5) is 24.5 Å². The molecule has 2 aromatic heterocycles. The van der Waals surface area contributed by atoms with Gasteiger partial charge in [0.1, 0.15) is 0 Å². The van der Waals surface area contributed by atoms with E-state index in [1.807, 2.05) is 35.2 Å². The number of hydrogen-bond donors (Lipinski definition) is 0. The van der Waals surface area contributed by atoms with Crippen molar-refractivity contribution < 1.29 is 13.2 Å². The fraction of sp³-hybridized carbons (Fsp3) is 0.217. The highest BCUT2D eigenvalue weighted by molar-refractivity contribution is 5.56. The molecule has 0 bridgehead atoms. The zero-order valence-electron chi connectivity index (χ0n) is 17.0. The van der Waals surface area contributed by atoms with E-state index in [0.29, 0.717) is 43.2 Å². The van der Waals surface area contributed by atoms with Gasteiger partial charge >= 0.3 is 11.9 Å². The number of anilines is 2. The Balaban J connectivity index is 1.35. The van der Waals surface area contributed by atoms with E-state index in [9.17, 15) is 18.0 Å². The third-order valence-electron chi connectivity index (χ3n) is 5.69. The molecule has 4 aromatic rings. The number of piperazine rings is 1. The SMILES string of the molecule is O=c1n(-c2cccc(N3CCN(c4cccc(C(F)(F)F)c4)CC3)c2)nc2ccccn12. The second-order valence-corrected chi connectivity index (χ2v) is 7.67. The molecule has 6 nitrogen and oxygen atoms in total. The molecule has 1 saturated heterocycles. The lowest BCUT2D eigenvalue weighted by Crippen LogP contribution is -2.46. The summed E-state index contributed by atoms with van der Waals surface area (Å²) in [5, 5.41) is 4.40. The number of halogens is 3. The van der Waals surface area contributed by atoms with Crippen molar-refractivity contribution in [2.24, 2.45) is 0 Å². The molecule has 0 aliphatic carbocycles. The molecule has 3 heterocycles. The molecule has 164 valence electrons. The van der Waals surface area contributed by atoms with Crippen LogP contribution in [-0.2, 0) is 6.18 Å². The molecule has 1 aliphatic rings. The molecule has 9 heteroatoms. The van der Waals surface area contributed by atoms with Crippen LogP contribution >= 0.6 is 0 Å². The molecule has 0 N–H and O–H groups in total. The number of rotatable bonds is 3. The monoisotopic (exact) mass is 439 g/mol. The lowest BCUT2D eigenvalue weighted by Gasteiger charge is -2.37. The van der Waals surface area contributed by atoms with E-state index in [1.165, 1.54) is 21.2 Å². The van der Waals surface area contributed by atoms with Gasteiger partial charge in [0.2, 0.25) is 0 Å². The Bertz CT molecular complexity index is 1320. The van der Waals surface area contributed by atoms with Gasteiger partial charge in [-0.15, -0.1) is 5.10 Å². The van der Waals surface area contributed by atoms with Gasteiger partial charge in [-0.25, -0.2) is 9.20 Å². The maximum Gasteiger partial charge on any atom is 0.416 e. The van der Waals surface area contributed by atoms with E-state index in [2.05, 4.69) is 10.00 Å². The fourth-order valence-corrected chi connectivity index (χ4v) is 4.02. The topological polar surface area (TPSA) is 45.8 Å². The fourth-order valence-electron chi connectivity index (χ4n) is 4.02. The standard InChI is InChI=1S/C23H20F3N5O/c24-23(25,26)17-5-3-6-18(15-17)28-11-13-29(14-12-28)19-7-4-8-20(16-19)31-22(32)30-10-2-1-9-21(30)27-31/h1-10,15-16H,11-14H2. The van der Waals surface area contributed by atoms with Gasteiger partial charge in [0.05, 0.1) is 11.3 Å². The summed E-state index contributed by atoms with van der Waals surface area (Å²) in [4.78, 5) is 16.8. The predicted octanol–water partition coefficient (Wildman–Crippen LogP) is 3.83. The Morgan fingerprint density at radius 3 is 2.03 bits per heavy atom. The van der Waals surface area contributed by atoms with Crippen LogP contribution in [0, 0.1) is 0 Å². The van der Waals surface area contributed by atoms with E-state index >= 15 is 0 Å². The first kappa shape index (κ1) is 20.2. The zero-order valence-corrected chi connectivity index (χ0v) is 17.0. The number of fused-ring (bicyclic) bond motifs is 1. The van der Waals surface area contributed by atoms with E-state index in [4.69, 9.17) is 0 Å². The number of nitrogens with zero attached hydrogens (tertiary/aromatic N) is 5. The predicted molar refractivity (Wildman–Crippen MR) is 117 cm³/mol. The molecular formula is C23H20F3N5O. The first-order chi connectivity index (χ1) is 15.4. The second-order valence-electron chi connectivity index (χ2n) is 7.67. The van der Waals surface area contributed by atoms with Crippen LogP contribution in [0.25, 0.3) is 11.3 Å². The first-order valence-corrected chi connectivity index (χ1v) is 10.2. The lowest BCUT2D eigenvalue weighted by molar-refractivity contribution is -0.137. The molecule has 32 heavy (non-hydrogen) atoms. The number of benzene rings is 2. The van der Waals surface area contributed by atoms with Gasteiger partial charge in [-0.1, -0.05) is 18.2 Å². The number of alkyl halides is 3. The van der Waals surface area contributed by atoms with Crippen LogP contribution < -0.4 is 15.5 Å². The van der Waals surface area contributed by atoms with E-state index in [0.717, 1.165) is 11.8 Å². The van der Waals surface area contributed by atoms with Crippen molar-refractivity contribution in [2.75, 3.05) is 36.0 Å². The van der Waals surface area contributed by atoms with Gasteiger partial charge in [0, 0.05) is 43.8 Å². The van der Waals surface area contributed by atoms with Crippen LogP contribution in [0.15, 0.2) is 77.7 Å². The largest absolute Gasteiger partial charge is 0.416 e. The van der Waals surface area contributed by atoms with Crippen molar-refractivity contribution in [2.45, 2.75) is 6.18 Å². The summed E-state index contributed by atoms with van der Waals surface area (Å²) in [6.07, 6.45) is -2.67. The van der Waals surface area contributed by atoms with Crippen LogP contribution in [-0.4, -0.2) is 40.4 Å². The minimum Gasteiger partial charge on any atom is -0.368 e. The average Bonchev–Trinajstić information content (AvgIpc) is 3.15. The van der Waals surface area contributed by atoms with Crippen LogP contribution in [0.2, 0.25) is 0 Å². The van der Waals surface area contributed by atoms with Crippen molar-refractivity contribution in [1.29, 1.82) is 0 Å². The maximum absolute atomic E-state index is 13.0. The highest BCUT2D eigenvalue weighted by Gasteiger charge is 2.31. The van der Waals surface area contributed by atoms with Crippen molar-refractivity contribution in [3.63, 3.8) is 0 Å². The number of hydrogen-bond acceptors (Lipinski definition) is 4. The summed E-state index contributed by atoms with van der Waals surface area (Å²) in [6.45, 7) is 2.50. The molecule has 0 atom stereocenters. The van der Waals surface area contributed by atoms with E-state index < -0.39 is 11.7 Å². The highest BCUT2D eigenvalue weighted by Crippen LogP contribution is 2.32. The maximum atomic E-state index is 13.0. The third kappa shape index (κ3) is 3.70. The van der Waals surface area contributed by atoms with Gasteiger partial charge in [0.15, 0.2) is 5.65 Å². The van der Waals surface area contributed by atoms with Crippen molar-refractivity contribution in [1.82, 2.24) is 14.2 Å². The Morgan fingerprint density at radius 1 is 0.750 bits per heavy atom. The molecule has 0 radical (unpaired) electrons. The van der Waals surface area contributed by atoms with Gasteiger partial charge in [-0.2, -0.15) is 17.9 Å². The summed E-state index contributed by atoms with van der Waals surface area (Å²) in [5.74, 6) is 0.